The van der Waals surface area contributed by atoms with E-state index >= 15 is 0 Å². The highest BCUT2D eigenvalue weighted by molar-refractivity contribution is 5.87. The van der Waals surface area contributed by atoms with Crippen LogP contribution in [0.5, 0.6) is 0 Å². The Bertz CT molecular complexity index is 496. The highest BCUT2D eigenvalue weighted by Crippen LogP contribution is 2.36. The van der Waals surface area contributed by atoms with Crippen molar-refractivity contribution in [2.45, 2.75) is 76.9 Å². The number of amides is 1. The van der Waals surface area contributed by atoms with Gasteiger partial charge in [0.15, 0.2) is 0 Å². The number of aliphatic carboxylic acids is 1. The van der Waals surface area contributed by atoms with Gasteiger partial charge >= 0.3 is 11.9 Å². The van der Waals surface area contributed by atoms with Crippen LogP contribution in [0.2, 0.25) is 0 Å². The molecular formula is C18H30N2O5. The van der Waals surface area contributed by atoms with E-state index in [0.29, 0.717) is 25.4 Å². The van der Waals surface area contributed by atoms with Crippen molar-refractivity contribution in [2.24, 2.45) is 5.92 Å². The minimum absolute atomic E-state index is 0.0163. The van der Waals surface area contributed by atoms with E-state index < -0.39 is 18.1 Å². The molecule has 1 saturated heterocycles. The van der Waals surface area contributed by atoms with E-state index in [1.807, 2.05) is 6.92 Å². The van der Waals surface area contributed by atoms with Crippen molar-refractivity contribution in [1.82, 2.24) is 10.2 Å². The van der Waals surface area contributed by atoms with Crippen LogP contribution >= 0.6 is 0 Å². The van der Waals surface area contributed by atoms with Crippen molar-refractivity contribution >= 4 is 17.8 Å². The largest absolute Gasteiger partial charge is 0.480 e. The van der Waals surface area contributed by atoms with Crippen LogP contribution in [-0.2, 0) is 19.1 Å². The van der Waals surface area contributed by atoms with Gasteiger partial charge in [0.1, 0.15) is 12.6 Å². The summed E-state index contributed by atoms with van der Waals surface area (Å²) in [7, 11) is 0. The minimum Gasteiger partial charge on any atom is -0.480 e. The van der Waals surface area contributed by atoms with Crippen LogP contribution in [0.15, 0.2) is 0 Å². The number of esters is 1. The summed E-state index contributed by atoms with van der Waals surface area (Å²) < 4.78 is 5.11. The number of rotatable bonds is 8. The molecule has 4 atom stereocenters. The molecule has 0 aromatic rings. The van der Waals surface area contributed by atoms with Crippen molar-refractivity contribution in [3.05, 3.63) is 0 Å². The Morgan fingerprint density at radius 1 is 1.28 bits per heavy atom. The predicted molar refractivity (Wildman–Crippen MR) is 92.0 cm³/mol. The lowest BCUT2D eigenvalue weighted by atomic mass is 9.97. The first-order valence-electron chi connectivity index (χ1n) is 9.42. The molecule has 1 aliphatic carbocycles. The second-order valence-electron chi connectivity index (χ2n) is 7.01. The molecule has 7 nitrogen and oxygen atoms in total. The molecule has 2 rings (SSSR count). The van der Waals surface area contributed by atoms with Crippen LogP contribution in [0.25, 0.3) is 0 Å². The third-order valence-electron chi connectivity index (χ3n) is 5.28. The monoisotopic (exact) mass is 354 g/mol. The molecular weight excluding hydrogens is 324 g/mol. The predicted octanol–water partition coefficient (Wildman–Crippen LogP) is 1.55. The van der Waals surface area contributed by atoms with Crippen molar-refractivity contribution in [2.75, 3.05) is 13.2 Å². The van der Waals surface area contributed by atoms with Crippen LogP contribution in [0.1, 0.15) is 58.8 Å². The van der Waals surface area contributed by atoms with Gasteiger partial charge in [-0.15, -0.1) is 0 Å². The average Bonchev–Trinajstić information content (AvgIpc) is 2.99. The Morgan fingerprint density at radius 2 is 2.04 bits per heavy atom. The van der Waals surface area contributed by atoms with E-state index in [2.05, 4.69) is 5.32 Å². The molecule has 0 aromatic carbocycles. The van der Waals surface area contributed by atoms with E-state index in [-0.39, 0.29) is 24.5 Å². The van der Waals surface area contributed by atoms with Crippen LogP contribution in [-0.4, -0.2) is 59.1 Å². The van der Waals surface area contributed by atoms with Crippen LogP contribution < -0.4 is 5.32 Å². The maximum Gasteiger partial charge on any atom is 0.323 e. The number of hydrogen-bond donors (Lipinski definition) is 2. The Morgan fingerprint density at radius 3 is 2.68 bits per heavy atom. The van der Waals surface area contributed by atoms with Crippen LogP contribution in [0.4, 0.5) is 0 Å². The zero-order valence-electron chi connectivity index (χ0n) is 15.2. The summed E-state index contributed by atoms with van der Waals surface area (Å²) in [5.74, 6) is -1.16. The summed E-state index contributed by atoms with van der Waals surface area (Å²) in [5, 5.41) is 12.4. The summed E-state index contributed by atoms with van der Waals surface area (Å²) in [6.45, 7) is 3.77. The number of carbonyl (C=O) groups is 3. The maximum atomic E-state index is 13.0. The van der Waals surface area contributed by atoms with Gasteiger partial charge in [0.05, 0.1) is 12.6 Å². The Kier molecular flexibility index (Phi) is 7.23. The number of fused-ring (bicyclic) bond motifs is 1. The van der Waals surface area contributed by atoms with Gasteiger partial charge in [-0.25, -0.2) is 0 Å². The summed E-state index contributed by atoms with van der Waals surface area (Å²) >= 11 is 0. The third-order valence-corrected chi connectivity index (χ3v) is 5.28. The first-order chi connectivity index (χ1) is 12.0. The fourth-order valence-corrected chi connectivity index (χ4v) is 4.17. The van der Waals surface area contributed by atoms with Gasteiger partial charge in [-0.05, 0) is 44.9 Å². The molecule has 2 N–H and O–H groups in total. The number of nitrogens with one attached hydrogen (secondary N) is 1. The quantitative estimate of drug-likeness (QED) is 0.642. The summed E-state index contributed by atoms with van der Waals surface area (Å²) in [4.78, 5) is 37.9. The standard InChI is InChI=1S/C18H30N2O5/c1-3-6-14(18(24)25-4-2)19-13-10-9-12-7-5-8-15(12)20(17(13)23)11-16(21)22/h12-15,19H,3-11H2,1-2H3,(H,21,22)/t12-,13+,14+,15-/m1/s1. The molecule has 0 bridgehead atoms. The first kappa shape index (κ1) is 19.7. The lowest BCUT2D eigenvalue weighted by Crippen LogP contribution is -2.54. The molecule has 0 radical (unpaired) electrons. The lowest BCUT2D eigenvalue weighted by molar-refractivity contribution is -0.149. The molecule has 0 unspecified atom stereocenters. The molecule has 0 spiro atoms. The molecule has 2 fully saturated rings. The Labute approximate surface area is 149 Å². The fraction of sp³-hybridized carbons (Fsp3) is 0.833. The topological polar surface area (TPSA) is 95.9 Å². The Balaban J connectivity index is 2.14. The zero-order chi connectivity index (χ0) is 18.4. The molecule has 0 aromatic heterocycles. The second-order valence-corrected chi connectivity index (χ2v) is 7.01. The number of ether oxygens (including phenoxy) is 1. The van der Waals surface area contributed by atoms with E-state index in [4.69, 9.17) is 4.74 Å². The SMILES string of the molecule is CCC[C@H](N[C@H]1CC[C@H]2CCC[C@H]2N(CC(=O)O)C1=O)C(=O)OCC. The van der Waals surface area contributed by atoms with E-state index in [1.54, 1.807) is 6.92 Å². The highest BCUT2D eigenvalue weighted by Gasteiger charge is 2.42. The molecule has 142 valence electrons. The maximum absolute atomic E-state index is 13.0. The second kappa shape index (κ2) is 9.17. The van der Waals surface area contributed by atoms with E-state index in [1.165, 1.54) is 4.90 Å². The summed E-state index contributed by atoms with van der Waals surface area (Å²) in [5.41, 5.74) is 0. The summed E-state index contributed by atoms with van der Waals surface area (Å²) in [6, 6.07) is -1.03. The zero-order valence-corrected chi connectivity index (χ0v) is 15.2. The van der Waals surface area contributed by atoms with Gasteiger partial charge < -0.3 is 14.7 Å². The lowest BCUT2D eigenvalue weighted by Gasteiger charge is -2.31. The molecule has 7 heteroatoms. The normalized spacial score (nSPS) is 27.5. The first-order valence-corrected chi connectivity index (χ1v) is 9.42. The number of likely N-dealkylation sites (tertiary alicyclic amines) is 1. The number of carboxylic acids is 1. The number of carboxylic acid groups (broad SMARTS) is 1. The number of nitrogens with zero attached hydrogens (tertiary/aromatic N) is 1. The average molecular weight is 354 g/mol. The fourth-order valence-electron chi connectivity index (χ4n) is 4.17. The van der Waals surface area contributed by atoms with E-state index in [0.717, 1.165) is 32.1 Å². The van der Waals surface area contributed by atoms with Crippen molar-refractivity contribution in [1.29, 1.82) is 0 Å². The third kappa shape index (κ3) is 4.93. The van der Waals surface area contributed by atoms with E-state index in [9.17, 15) is 19.5 Å². The van der Waals surface area contributed by atoms with Gasteiger partial charge in [0.2, 0.25) is 5.91 Å². The van der Waals surface area contributed by atoms with Crippen LogP contribution in [0, 0.1) is 5.92 Å². The molecule has 1 heterocycles. The van der Waals surface area contributed by atoms with Crippen molar-refractivity contribution in [3.63, 3.8) is 0 Å². The number of carbonyl (C=O) groups excluding carboxylic acids is 2. The molecule has 25 heavy (non-hydrogen) atoms. The molecule has 1 saturated carbocycles. The van der Waals surface area contributed by atoms with Crippen LogP contribution in [0.3, 0.4) is 0 Å². The Hall–Kier alpha value is -1.63. The molecule has 2 aliphatic rings. The van der Waals surface area contributed by atoms with Crippen molar-refractivity contribution < 1.29 is 24.2 Å². The van der Waals surface area contributed by atoms with Gasteiger partial charge in [0, 0.05) is 6.04 Å². The molecule has 1 aliphatic heterocycles. The van der Waals surface area contributed by atoms with Gasteiger partial charge in [0.25, 0.3) is 0 Å². The molecule has 1 amide bonds. The van der Waals surface area contributed by atoms with Gasteiger partial charge in [-0.3, -0.25) is 19.7 Å². The minimum atomic E-state index is -0.991. The smallest absolute Gasteiger partial charge is 0.323 e. The number of hydrogen-bond acceptors (Lipinski definition) is 5. The van der Waals surface area contributed by atoms with Gasteiger partial charge in [-0.2, -0.15) is 0 Å². The van der Waals surface area contributed by atoms with Gasteiger partial charge in [-0.1, -0.05) is 19.8 Å². The highest BCUT2D eigenvalue weighted by atomic mass is 16.5. The van der Waals surface area contributed by atoms with Crippen molar-refractivity contribution in [3.8, 4) is 0 Å². The summed E-state index contributed by atoms with van der Waals surface area (Å²) in [6.07, 6.45) is 5.85.